The van der Waals surface area contributed by atoms with Crippen LogP contribution in [-0.2, 0) is 0 Å². The average Bonchev–Trinajstić information content (AvgIpc) is 3.06. The topological polar surface area (TPSA) is 15.3 Å². The Hall–Kier alpha value is -0.0300. The summed E-state index contributed by atoms with van der Waals surface area (Å²) in [4.78, 5) is 2.73. The lowest BCUT2D eigenvalue weighted by Crippen LogP contribution is -2.46. The maximum absolute atomic E-state index is 4.04. The van der Waals surface area contributed by atoms with Crippen LogP contribution in [0, 0.1) is 0 Å². The zero-order valence-corrected chi connectivity index (χ0v) is 13.8. The van der Waals surface area contributed by atoms with Crippen molar-refractivity contribution in [2.75, 3.05) is 13.1 Å². The molecule has 3 aliphatic rings. The van der Waals surface area contributed by atoms with E-state index in [1.54, 1.807) is 9.77 Å². The third-order valence-electron chi connectivity index (χ3n) is 5.18. The second-order valence-corrected chi connectivity index (χ2v) is 9.16. The summed E-state index contributed by atoms with van der Waals surface area (Å²) in [5, 5.41) is 7.06. The minimum atomic E-state index is 0.597. The van der Waals surface area contributed by atoms with Crippen molar-refractivity contribution in [1.82, 2.24) is 10.2 Å². The number of nitrogens with zero attached hydrogens (tertiary/aromatic N) is 1. The third-order valence-corrected chi connectivity index (χ3v) is 7.52. The summed E-state index contributed by atoms with van der Waals surface area (Å²) in [5.41, 5.74) is 1.58. The predicted octanol–water partition coefficient (Wildman–Crippen LogP) is 3.89. The molecule has 0 aromatic carbocycles. The van der Waals surface area contributed by atoms with Crippen molar-refractivity contribution in [3.05, 3.63) is 17.0 Å². The Morgan fingerprint density at radius 3 is 3.15 bits per heavy atom. The van der Waals surface area contributed by atoms with Crippen LogP contribution in [0.2, 0.25) is 0 Å². The highest BCUT2D eigenvalue weighted by Gasteiger charge is 2.37. The molecule has 0 spiro atoms. The van der Waals surface area contributed by atoms with Crippen molar-refractivity contribution in [3.63, 3.8) is 0 Å². The highest BCUT2D eigenvalue weighted by Crippen LogP contribution is 2.44. The molecule has 0 amide bonds. The van der Waals surface area contributed by atoms with Gasteiger partial charge in [-0.05, 0) is 49.2 Å². The van der Waals surface area contributed by atoms with Gasteiger partial charge < -0.3 is 5.32 Å². The van der Waals surface area contributed by atoms with Gasteiger partial charge in [0.25, 0.3) is 0 Å². The molecule has 110 valence electrons. The van der Waals surface area contributed by atoms with Gasteiger partial charge in [-0.15, -0.1) is 23.1 Å². The van der Waals surface area contributed by atoms with Crippen LogP contribution in [-0.4, -0.2) is 35.3 Å². The lowest BCUT2D eigenvalue weighted by atomic mass is 9.96. The van der Waals surface area contributed by atoms with Gasteiger partial charge in [-0.25, -0.2) is 0 Å². The number of fused-ring (bicyclic) bond motifs is 2. The van der Waals surface area contributed by atoms with Gasteiger partial charge in [0.2, 0.25) is 0 Å². The molecule has 1 aromatic rings. The van der Waals surface area contributed by atoms with Crippen molar-refractivity contribution >= 4 is 23.1 Å². The molecule has 2 saturated heterocycles. The number of thioether (sulfide) groups is 1. The van der Waals surface area contributed by atoms with Crippen LogP contribution in [0.1, 0.15) is 50.6 Å². The fourth-order valence-electron chi connectivity index (χ4n) is 4.21. The normalized spacial score (nSPS) is 37.6. The molecule has 4 heterocycles. The van der Waals surface area contributed by atoms with E-state index in [4.69, 9.17) is 0 Å². The number of nitrogens with one attached hydrogen (secondary N) is 1. The Balaban J connectivity index is 1.49. The van der Waals surface area contributed by atoms with E-state index in [1.165, 1.54) is 45.2 Å². The molecular formula is C16H24N2S2. The summed E-state index contributed by atoms with van der Waals surface area (Å²) in [7, 11) is 0. The van der Waals surface area contributed by atoms with Gasteiger partial charge in [-0.1, -0.05) is 13.3 Å². The van der Waals surface area contributed by atoms with E-state index in [1.807, 2.05) is 11.3 Å². The van der Waals surface area contributed by atoms with Crippen molar-refractivity contribution in [3.8, 4) is 0 Å². The van der Waals surface area contributed by atoms with Gasteiger partial charge in [0.05, 0.1) is 4.21 Å². The Labute approximate surface area is 130 Å². The second-order valence-electron chi connectivity index (χ2n) is 6.54. The van der Waals surface area contributed by atoms with Gasteiger partial charge in [0.15, 0.2) is 0 Å². The van der Waals surface area contributed by atoms with Crippen LogP contribution in [0.15, 0.2) is 15.7 Å². The molecule has 20 heavy (non-hydrogen) atoms. The smallest absolute Gasteiger partial charge is 0.0649 e. The van der Waals surface area contributed by atoms with Crippen LogP contribution >= 0.6 is 23.1 Å². The van der Waals surface area contributed by atoms with Crippen LogP contribution in [0.4, 0.5) is 0 Å². The first-order chi connectivity index (χ1) is 9.81. The molecule has 1 N–H and O–H groups in total. The van der Waals surface area contributed by atoms with Crippen LogP contribution < -0.4 is 5.32 Å². The number of piperidine rings is 1. The van der Waals surface area contributed by atoms with E-state index in [2.05, 4.69) is 40.3 Å². The maximum Gasteiger partial charge on any atom is 0.0649 e. The summed E-state index contributed by atoms with van der Waals surface area (Å²) in [6.45, 7) is 5.03. The molecule has 1 aromatic heterocycles. The molecule has 0 bridgehead atoms. The van der Waals surface area contributed by atoms with Crippen LogP contribution in [0.5, 0.6) is 0 Å². The summed E-state index contributed by atoms with van der Waals surface area (Å²) in [5.74, 6) is 0. The van der Waals surface area contributed by atoms with Crippen molar-refractivity contribution in [2.45, 2.75) is 66.6 Å². The first-order valence-corrected chi connectivity index (χ1v) is 9.81. The Morgan fingerprint density at radius 2 is 2.20 bits per heavy atom. The number of rotatable bonds is 2. The highest BCUT2D eigenvalue weighted by atomic mass is 32.2. The van der Waals surface area contributed by atoms with E-state index < -0.39 is 0 Å². The lowest BCUT2D eigenvalue weighted by molar-refractivity contribution is 0.175. The highest BCUT2D eigenvalue weighted by molar-refractivity contribution is 8.01. The zero-order chi connectivity index (χ0) is 13.5. The van der Waals surface area contributed by atoms with E-state index in [0.717, 1.165) is 17.3 Å². The fourth-order valence-corrected chi connectivity index (χ4v) is 6.77. The van der Waals surface area contributed by atoms with Crippen molar-refractivity contribution in [2.24, 2.45) is 0 Å². The van der Waals surface area contributed by atoms with E-state index in [-0.39, 0.29) is 0 Å². The molecule has 2 nitrogen and oxygen atoms in total. The van der Waals surface area contributed by atoms with Gasteiger partial charge in [0.1, 0.15) is 0 Å². The lowest BCUT2D eigenvalue weighted by Gasteiger charge is -2.36. The second kappa shape index (κ2) is 5.64. The minimum Gasteiger partial charge on any atom is -0.305 e. The zero-order valence-electron chi connectivity index (χ0n) is 12.2. The van der Waals surface area contributed by atoms with Crippen LogP contribution in [0.25, 0.3) is 0 Å². The summed E-state index contributed by atoms with van der Waals surface area (Å²) >= 11 is 4.00. The van der Waals surface area contributed by atoms with E-state index in [9.17, 15) is 0 Å². The molecule has 4 atom stereocenters. The Kier molecular flexibility index (Phi) is 3.84. The standard InChI is InChI=1S/C16H24N2S2/c1-11-10-14(12-6-9-19-16(12)20-11)17-13-5-8-18-7-3-2-4-15(13)18/h6,9,11,13-15,17H,2-5,7-8,10H2,1H3/t11-,13?,14?,15?/m0/s1. The molecule has 3 unspecified atom stereocenters. The van der Waals surface area contributed by atoms with Crippen molar-refractivity contribution in [1.29, 1.82) is 0 Å². The molecule has 0 aliphatic carbocycles. The SMILES string of the molecule is C[C@H]1CC(NC2CCN3CCCCC23)c2ccsc2S1. The van der Waals surface area contributed by atoms with E-state index >= 15 is 0 Å². The number of hydrogen-bond acceptors (Lipinski definition) is 4. The van der Waals surface area contributed by atoms with Gasteiger partial charge in [0, 0.05) is 29.9 Å². The molecule has 0 radical (unpaired) electrons. The quantitative estimate of drug-likeness (QED) is 0.892. The maximum atomic E-state index is 4.04. The largest absolute Gasteiger partial charge is 0.305 e. The number of thiophene rings is 1. The van der Waals surface area contributed by atoms with Crippen molar-refractivity contribution < 1.29 is 0 Å². The first-order valence-electron chi connectivity index (χ1n) is 8.05. The van der Waals surface area contributed by atoms with Gasteiger partial charge in [-0.3, -0.25) is 4.90 Å². The molecule has 4 heteroatoms. The summed E-state index contributed by atoms with van der Waals surface area (Å²) < 4.78 is 1.56. The monoisotopic (exact) mass is 308 g/mol. The van der Waals surface area contributed by atoms with Gasteiger partial charge >= 0.3 is 0 Å². The minimum absolute atomic E-state index is 0.597. The van der Waals surface area contributed by atoms with Crippen LogP contribution in [0.3, 0.4) is 0 Å². The predicted molar refractivity (Wildman–Crippen MR) is 87.7 cm³/mol. The summed E-state index contributed by atoms with van der Waals surface area (Å²) in [6.07, 6.45) is 6.89. The Bertz CT molecular complexity index is 473. The molecule has 0 saturated carbocycles. The first kappa shape index (κ1) is 13.6. The summed E-state index contributed by atoms with van der Waals surface area (Å²) in [6, 6.07) is 4.49. The fraction of sp³-hybridized carbons (Fsp3) is 0.750. The van der Waals surface area contributed by atoms with E-state index in [0.29, 0.717) is 6.04 Å². The van der Waals surface area contributed by atoms with Gasteiger partial charge in [-0.2, -0.15) is 0 Å². The molecule has 2 fully saturated rings. The average molecular weight is 309 g/mol. The molecular weight excluding hydrogens is 284 g/mol. The number of hydrogen-bond donors (Lipinski definition) is 1. The third kappa shape index (κ3) is 2.45. The Morgan fingerprint density at radius 1 is 1.25 bits per heavy atom. The molecule has 4 rings (SSSR count). The molecule has 3 aliphatic heterocycles.